The van der Waals surface area contributed by atoms with Crippen LogP contribution in [0.1, 0.15) is 53.4 Å². The molecule has 0 fully saturated rings. The van der Waals surface area contributed by atoms with Crippen molar-refractivity contribution in [3.05, 3.63) is 0 Å². The summed E-state index contributed by atoms with van der Waals surface area (Å²) in [6, 6.07) is 0. The molecule has 0 amide bonds. The zero-order valence-corrected chi connectivity index (χ0v) is 8.35. The lowest BCUT2D eigenvalue weighted by molar-refractivity contribution is 0.155. The van der Waals surface area contributed by atoms with Crippen molar-refractivity contribution in [1.29, 1.82) is 0 Å². The van der Waals surface area contributed by atoms with Gasteiger partial charge in [0.15, 0.2) is 0 Å². The Bertz CT molecular complexity index is 95.0. The molecule has 0 saturated heterocycles. The van der Waals surface area contributed by atoms with Gasteiger partial charge in [-0.1, -0.05) is 27.2 Å². The average Bonchev–Trinajstić information content (AvgIpc) is 1.84. The molecule has 11 heavy (non-hydrogen) atoms. The van der Waals surface area contributed by atoms with Gasteiger partial charge in [-0.2, -0.15) is 0 Å². The van der Waals surface area contributed by atoms with Gasteiger partial charge in [0, 0.05) is 0 Å². The molecular weight excluding hydrogens is 136 g/mol. The standard InChI is InChI=1S/C10H22O/c1-5-7-10(3,4)8-6-9(2)11/h9,11H,5-8H2,1-4H3. The minimum absolute atomic E-state index is 0.133. The summed E-state index contributed by atoms with van der Waals surface area (Å²) in [5, 5.41) is 9.08. The number of hydrogen-bond acceptors (Lipinski definition) is 1. The molecule has 0 heterocycles. The van der Waals surface area contributed by atoms with Crippen molar-refractivity contribution in [2.45, 2.75) is 59.5 Å². The topological polar surface area (TPSA) is 20.2 Å². The molecule has 0 aliphatic heterocycles. The van der Waals surface area contributed by atoms with Gasteiger partial charge in [-0.25, -0.2) is 0 Å². The summed E-state index contributed by atoms with van der Waals surface area (Å²) in [4.78, 5) is 0. The average molecular weight is 158 g/mol. The van der Waals surface area contributed by atoms with Crippen LogP contribution in [-0.2, 0) is 0 Å². The molecular formula is C10H22O. The van der Waals surface area contributed by atoms with Crippen molar-refractivity contribution in [2.24, 2.45) is 5.41 Å². The molecule has 0 aromatic rings. The van der Waals surface area contributed by atoms with E-state index in [0.29, 0.717) is 5.41 Å². The first kappa shape index (κ1) is 11.0. The lowest BCUT2D eigenvalue weighted by Crippen LogP contribution is -2.13. The Balaban J connectivity index is 3.54. The molecule has 1 nitrogen and oxygen atoms in total. The van der Waals surface area contributed by atoms with Crippen LogP contribution in [0.25, 0.3) is 0 Å². The summed E-state index contributed by atoms with van der Waals surface area (Å²) < 4.78 is 0. The molecule has 0 saturated carbocycles. The van der Waals surface area contributed by atoms with E-state index in [1.165, 1.54) is 12.8 Å². The molecule has 1 atom stereocenters. The highest BCUT2D eigenvalue weighted by molar-refractivity contribution is 4.68. The molecule has 1 heteroatoms. The molecule has 0 aliphatic carbocycles. The van der Waals surface area contributed by atoms with E-state index >= 15 is 0 Å². The van der Waals surface area contributed by atoms with Gasteiger partial charge in [0.1, 0.15) is 0 Å². The maximum absolute atomic E-state index is 9.08. The molecule has 1 N–H and O–H groups in total. The maximum atomic E-state index is 9.08. The Kier molecular flexibility index (Phi) is 4.74. The van der Waals surface area contributed by atoms with Gasteiger partial charge in [-0.15, -0.1) is 0 Å². The van der Waals surface area contributed by atoms with E-state index in [9.17, 15) is 0 Å². The number of aliphatic hydroxyl groups excluding tert-OH is 1. The Morgan fingerprint density at radius 3 is 2.18 bits per heavy atom. The van der Waals surface area contributed by atoms with Crippen LogP contribution >= 0.6 is 0 Å². The van der Waals surface area contributed by atoms with Crippen molar-refractivity contribution < 1.29 is 5.11 Å². The molecule has 0 aliphatic rings. The van der Waals surface area contributed by atoms with Crippen LogP contribution in [0.3, 0.4) is 0 Å². The Hall–Kier alpha value is -0.0400. The highest BCUT2D eigenvalue weighted by Gasteiger charge is 2.16. The van der Waals surface area contributed by atoms with Gasteiger partial charge < -0.3 is 5.11 Å². The smallest absolute Gasteiger partial charge is 0.0512 e. The van der Waals surface area contributed by atoms with Gasteiger partial charge in [0.05, 0.1) is 6.10 Å². The predicted octanol–water partition coefficient (Wildman–Crippen LogP) is 2.97. The molecule has 0 spiro atoms. The summed E-state index contributed by atoms with van der Waals surface area (Å²) in [6.07, 6.45) is 4.45. The van der Waals surface area contributed by atoms with E-state index in [-0.39, 0.29) is 6.10 Å². The Morgan fingerprint density at radius 1 is 1.27 bits per heavy atom. The van der Waals surface area contributed by atoms with Gasteiger partial charge in [0.25, 0.3) is 0 Å². The van der Waals surface area contributed by atoms with Crippen LogP contribution in [-0.4, -0.2) is 11.2 Å². The van der Waals surface area contributed by atoms with E-state index in [0.717, 1.165) is 12.8 Å². The normalized spacial score (nSPS) is 15.0. The lowest BCUT2D eigenvalue weighted by Gasteiger charge is -2.24. The van der Waals surface area contributed by atoms with Crippen LogP contribution < -0.4 is 0 Å². The SMILES string of the molecule is CCCC(C)(C)CCC(C)O. The summed E-state index contributed by atoms with van der Waals surface area (Å²) in [5.74, 6) is 0. The highest BCUT2D eigenvalue weighted by Crippen LogP contribution is 2.28. The maximum Gasteiger partial charge on any atom is 0.0512 e. The van der Waals surface area contributed by atoms with Crippen molar-refractivity contribution in [2.75, 3.05) is 0 Å². The largest absolute Gasteiger partial charge is 0.393 e. The molecule has 0 radical (unpaired) electrons. The summed E-state index contributed by atoms with van der Waals surface area (Å²) in [7, 11) is 0. The second-order valence-electron chi connectivity index (χ2n) is 4.30. The molecule has 0 rings (SSSR count). The fourth-order valence-corrected chi connectivity index (χ4v) is 1.40. The van der Waals surface area contributed by atoms with E-state index in [1.54, 1.807) is 0 Å². The summed E-state index contributed by atoms with van der Waals surface area (Å²) in [6.45, 7) is 8.63. The van der Waals surface area contributed by atoms with Crippen LogP contribution in [0.15, 0.2) is 0 Å². The third-order valence-corrected chi connectivity index (χ3v) is 2.17. The van der Waals surface area contributed by atoms with Crippen LogP contribution in [0.2, 0.25) is 0 Å². The predicted molar refractivity (Wildman–Crippen MR) is 49.6 cm³/mol. The lowest BCUT2D eigenvalue weighted by atomic mass is 9.83. The Morgan fingerprint density at radius 2 is 1.82 bits per heavy atom. The second kappa shape index (κ2) is 4.76. The minimum atomic E-state index is -0.133. The zero-order chi connectivity index (χ0) is 8.91. The van der Waals surface area contributed by atoms with Gasteiger partial charge in [0.2, 0.25) is 0 Å². The second-order valence-corrected chi connectivity index (χ2v) is 4.30. The van der Waals surface area contributed by atoms with Crippen molar-refractivity contribution in [3.63, 3.8) is 0 Å². The molecule has 1 unspecified atom stereocenters. The molecule has 0 bridgehead atoms. The quantitative estimate of drug-likeness (QED) is 0.652. The third kappa shape index (κ3) is 6.36. The Labute approximate surface area is 70.8 Å². The fraction of sp³-hybridized carbons (Fsp3) is 1.00. The zero-order valence-electron chi connectivity index (χ0n) is 8.35. The summed E-state index contributed by atoms with van der Waals surface area (Å²) in [5.41, 5.74) is 0.422. The van der Waals surface area contributed by atoms with Crippen molar-refractivity contribution >= 4 is 0 Å². The van der Waals surface area contributed by atoms with E-state index in [1.807, 2.05) is 6.92 Å². The van der Waals surface area contributed by atoms with Crippen molar-refractivity contribution in [3.8, 4) is 0 Å². The van der Waals surface area contributed by atoms with E-state index in [4.69, 9.17) is 5.11 Å². The van der Waals surface area contributed by atoms with Crippen LogP contribution in [0.4, 0.5) is 0 Å². The third-order valence-electron chi connectivity index (χ3n) is 2.17. The number of rotatable bonds is 5. The van der Waals surface area contributed by atoms with Gasteiger partial charge in [-0.3, -0.25) is 0 Å². The minimum Gasteiger partial charge on any atom is -0.393 e. The number of hydrogen-bond donors (Lipinski definition) is 1. The van der Waals surface area contributed by atoms with Gasteiger partial charge >= 0.3 is 0 Å². The molecule has 68 valence electrons. The van der Waals surface area contributed by atoms with E-state index < -0.39 is 0 Å². The van der Waals surface area contributed by atoms with Gasteiger partial charge in [-0.05, 0) is 31.6 Å². The molecule has 0 aromatic carbocycles. The van der Waals surface area contributed by atoms with Crippen molar-refractivity contribution in [1.82, 2.24) is 0 Å². The van der Waals surface area contributed by atoms with Crippen LogP contribution in [0, 0.1) is 5.41 Å². The van der Waals surface area contributed by atoms with Crippen LogP contribution in [0.5, 0.6) is 0 Å². The first-order valence-electron chi connectivity index (χ1n) is 4.66. The first-order chi connectivity index (χ1) is 4.98. The first-order valence-corrected chi connectivity index (χ1v) is 4.66. The van der Waals surface area contributed by atoms with E-state index in [2.05, 4.69) is 20.8 Å². The number of aliphatic hydroxyl groups is 1. The summed E-state index contributed by atoms with van der Waals surface area (Å²) >= 11 is 0. The highest BCUT2D eigenvalue weighted by atomic mass is 16.3. The molecule has 0 aromatic heterocycles. The monoisotopic (exact) mass is 158 g/mol. The fourth-order valence-electron chi connectivity index (χ4n) is 1.40.